The van der Waals surface area contributed by atoms with E-state index in [0.717, 1.165) is 24.8 Å². The number of hydrogen-bond acceptors (Lipinski definition) is 5. The van der Waals surface area contributed by atoms with E-state index in [4.69, 9.17) is 19.3 Å². The van der Waals surface area contributed by atoms with Gasteiger partial charge in [-0.05, 0) is 43.2 Å². The van der Waals surface area contributed by atoms with Crippen LogP contribution in [0.25, 0.3) is 0 Å². The number of carbonyl (C=O) groups excluding carboxylic acids is 1. The largest absolute Gasteiger partial charge is 0.497 e. The van der Waals surface area contributed by atoms with E-state index in [1.807, 2.05) is 12.1 Å². The first-order valence-corrected chi connectivity index (χ1v) is 12.1. The third kappa shape index (κ3) is 9.76. The number of unbranched alkanes of at least 4 members (excludes halogenated alkanes) is 4. The van der Waals surface area contributed by atoms with Crippen LogP contribution >= 0.6 is 0 Å². The van der Waals surface area contributed by atoms with E-state index in [-0.39, 0.29) is 12.5 Å². The van der Waals surface area contributed by atoms with E-state index in [1.54, 1.807) is 56.4 Å². The zero-order chi connectivity index (χ0) is 25.6. The van der Waals surface area contributed by atoms with Crippen molar-refractivity contribution < 1.29 is 28.9 Å². The van der Waals surface area contributed by atoms with Crippen molar-refractivity contribution in [3.63, 3.8) is 0 Å². The molecular weight excluding hydrogens is 448 g/mol. The number of amides is 2. The molecule has 0 bridgehead atoms. The first-order chi connectivity index (χ1) is 16.9. The molecule has 1 unspecified atom stereocenters. The minimum Gasteiger partial charge on any atom is -0.497 e. The molecule has 0 radical (unpaired) electrons. The summed E-state index contributed by atoms with van der Waals surface area (Å²) in [5, 5.41) is 11.9. The van der Waals surface area contributed by atoms with Gasteiger partial charge in [-0.15, -0.1) is 0 Å². The Morgan fingerprint density at radius 2 is 1.66 bits per heavy atom. The normalized spacial score (nSPS) is 11.4. The number of rotatable bonds is 15. The molecule has 0 saturated carbocycles. The van der Waals surface area contributed by atoms with Gasteiger partial charge in [0.1, 0.15) is 23.4 Å². The number of carboxylic acids is 1. The number of benzene rings is 2. The van der Waals surface area contributed by atoms with Gasteiger partial charge < -0.3 is 29.5 Å². The predicted octanol–water partition coefficient (Wildman–Crippen LogP) is 5.95. The van der Waals surface area contributed by atoms with Crippen molar-refractivity contribution >= 4 is 17.7 Å². The Labute approximate surface area is 208 Å². The van der Waals surface area contributed by atoms with Gasteiger partial charge in [0.2, 0.25) is 0 Å². The first kappa shape index (κ1) is 27.8. The topological polar surface area (TPSA) is 97.3 Å². The fourth-order valence-electron chi connectivity index (χ4n) is 3.67. The molecule has 0 spiro atoms. The zero-order valence-corrected chi connectivity index (χ0v) is 21.2. The van der Waals surface area contributed by atoms with E-state index < -0.39 is 12.1 Å². The second kappa shape index (κ2) is 14.8. The van der Waals surface area contributed by atoms with Crippen LogP contribution in [-0.4, -0.2) is 48.9 Å². The molecule has 0 fully saturated rings. The Morgan fingerprint density at radius 1 is 0.971 bits per heavy atom. The van der Waals surface area contributed by atoms with E-state index in [0.29, 0.717) is 36.0 Å². The van der Waals surface area contributed by atoms with Crippen molar-refractivity contribution in [1.29, 1.82) is 0 Å². The number of ether oxygens (including phenoxy) is 3. The van der Waals surface area contributed by atoms with Gasteiger partial charge in [0.15, 0.2) is 0 Å². The van der Waals surface area contributed by atoms with Gasteiger partial charge in [-0.1, -0.05) is 44.7 Å². The van der Waals surface area contributed by atoms with Crippen molar-refractivity contribution in [2.45, 2.75) is 65.0 Å². The van der Waals surface area contributed by atoms with E-state index in [1.165, 1.54) is 12.8 Å². The Hall–Kier alpha value is -3.42. The molecule has 0 aliphatic rings. The molecule has 2 N–H and O–H groups in total. The fourth-order valence-corrected chi connectivity index (χ4v) is 3.67. The van der Waals surface area contributed by atoms with Crippen LogP contribution in [0.5, 0.6) is 17.2 Å². The number of urea groups is 1. The monoisotopic (exact) mass is 486 g/mol. The zero-order valence-electron chi connectivity index (χ0n) is 21.2. The standard InChI is InChI=1S/C27H38N2O6/c1-5-6-7-8-9-16-29(27(32)28-24-15-14-23(33-3)18-25(24)34-4)19-21-10-12-22(13-11-21)35-20(2)17-26(30)31/h10-15,18,20H,5-9,16-17,19H2,1-4H3,(H,28,32)(H,30,31). The molecule has 0 saturated heterocycles. The minimum atomic E-state index is -0.900. The second-order valence-electron chi connectivity index (χ2n) is 8.50. The molecule has 1 atom stereocenters. The van der Waals surface area contributed by atoms with Crippen molar-refractivity contribution in [3.8, 4) is 17.2 Å². The maximum Gasteiger partial charge on any atom is 0.322 e. The summed E-state index contributed by atoms with van der Waals surface area (Å²) in [6.45, 7) is 4.96. The van der Waals surface area contributed by atoms with Gasteiger partial charge in [-0.2, -0.15) is 0 Å². The van der Waals surface area contributed by atoms with E-state index in [9.17, 15) is 9.59 Å². The molecule has 2 aromatic rings. The highest BCUT2D eigenvalue weighted by atomic mass is 16.5. The molecular formula is C27H38N2O6. The van der Waals surface area contributed by atoms with E-state index >= 15 is 0 Å². The fraction of sp³-hybridized carbons (Fsp3) is 0.481. The Morgan fingerprint density at radius 3 is 2.29 bits per heavy atom. The summed E-state index contributed by atoms with van der Waals surface area (Å²) in [7, 11) is 3.13. The Kier molecular flexibility index (Phi) is 11.7. The summed E-state index contributed by atoms with van der Waals surface area (Å²) in [6.07, 6.45) is 5.00. The molecule has 0 aliphatic heterocycles. The van der Waals surface area contributed by atoms with Crippen LogP contribution in [0.2, 0.25) is 0 Å². The van der Waals surface area contributed by atoms with Crippen LogP contribution in [0, 0.1) is 0 Å². The SMILES string of the molecule is CCCCCCCN(Cc1ccc(OC(C)CC(=O)O)cc1)C(=O)Nc1ccc(OC)cc1OC. The van der Waals surface area contributed by atoms with Crippen LogP contribution in [-0.2, 0) is 11.3 Å². The number of carboxylic acid groups (broad SMARTS) is 1. The highest BCUT2D eigenvalue weighted by Gasteiger charge is 2.17. The summed E-state index contributed by atoms with van der Waals surface area (Å²) in [5.41, 5.74) is 1.53. The number of nitrogens with zero attached hydrogens (tertiary/aromatic N) is 1. The maximum absolute atomic E-state index is 13.2. The number of anilines is 1. The van der Waals surface area contributed by atoms with Gasteiger partial charge in [0, 0.05) is 19.2 Å². The van der Waals surface area contributed by atoms with E-state index in [2.05, 4.69) is 12.2 Å². The highest BCUT2D eigenvalue weighted by molar-refractivity contribution is 5.91. The van der Waals surface area contributed by atoms with Crippen molar-refractivity contribution in [3.05, 3.63) is 48.0 Å². The molecule has 0 heterocycles. The molecule has 2 rings (SSSR count). The number of methoxy groups -OCH3 is 2. The molecule has 0 aliphatic carbocycles. The number of carbonyl (C=O) groups is 2. The lowest BCUT2D eigenvalue weighted by Gasteiger charge is -2.24. The van der Waals surface area contributed by atoms with Gasteiger partial charge in [-0.25, -0.2) is 4.79 Å². The smallest absolute Gasteiger partial charge is 0.322 e. The summed E-state index contributed by atoms with van der Waals surface area (Å²) >= 11 is 0. The van der Waals surface area contributed by atoms with Crippen LogP contribution in [0.15, 0.2) is 42.5 Å². The second-order valence-corrected chi connectivity index (χ2v) is 8.50. The maximum atomic E-state index is 13.2. The summed E-state index contributed by atoms with van der Waals surface area (Å²) in [6, 6.07) is 12.5. The van der Waals surface area contributed by atoms with Crippen LogP contribution in [0.3, 0.4) is 0 Å². The average Bonchev–Trinajstić information content (AvgIpc) is 2.83. The first-order valence-electron chi connectivity index (χ1n) is 12.1. The van der Waals surface area contributed by atoms with Crippen LogP contribution < -0.4 is 19.5 Å². The Balaban J connectivity index is 2.09. The van der Waals surface area contributed by atoms with Crippen molar-refractivity contribution in [1.82, 2.24) is 4.90 Å². The van der Waals surface area contributed by atoms with Gasteiger partial charge in [-0.3, -0.25) is 4.79 Å². The number of nitrogens with one attached hydrogen (secondary N) is 1. The van der Waals surface area contributed by atoms with Crippen LogP contribution in [0.1, 0.15) is 57.9 Å². The Bertz CT molecular complexity index is 932. The summed E-state index contributed by atoms with van der Waals surface area (Å²) < 4.78 is 16.3. The molecule has 0 aromatic heterocycles. The van der Waals surface area contributed by atoms with Crippen LogP contribution in [0.4, 0.5) is 10.5 Å². The lowest BCUT2D eigenvalue weighted by Crippen LogP contribution is -2.35. The summed E-state index contributed by atoms with van der Waals surface area (Å²) in [5.74, 6) is 0.870. The number of aliphatic carboxylic acids is 1. The number of hydrogen-bond donors (Lipinski definition) is 2. The minimum absolute atomic E-state index is 0.0669. The molecule has 35 heavy (non-hydrogen) atoms. The third-order valence-corrected chi connectivity index (χ3v) is 5.57. The quantitative estimate of drug-likeness (QED) is 0.302. The third-order valence-electron chi connectivity index (χ3n) is 5.57. The van der Waals surface area contributed by atoms with Crippen molar-refractivity contribution in [2.75, 3.05) is 26.1 Å². The molecule has 8 nitrogen and oxygen atoms in total. The molecule has 2 amide bonds. The molecule has 192 valence electrons. The predicted molar refractivity (Wildman–Crippen MR) is 137 cm³/mol. The lowest BCUT2D eigenvalue weighted by atomic mass is 10.1. The lowest BCUT2D eigenvalue weighted by molar-refractivity contribution is -0.138. The molecule has 2 aromatic carbocycles. The van der Waals surface area contributed by atoms with Gasteiger partial charge in [0.25, 0.3) is 0 Å². The van der Waals surface area contributed by atoms with Gasteiger partial charge in [0.05, 0.1) is 26.3 Å². The average molecular weight is 487 g/mol. The van der Waals surface area contributed by atoms with Crippen molar-refractivity contribution in [2.24, 2.45) is 0 Å². The van der Waals surface area contributed by atoms with Gasteiger partial charge >= 0.3 is 12.0 Å². The highest BCUT2D eigenvalue weighted by Crippen LogP contribution is 2.29. The molecule has 8 heteroatoms. The summed E-state index contributed by atoms with van der Waals surface area (Å²) in [4.78, 5) is 25.9.